The van der Waals surface area contributed by atoms with Gasteiger partial charge >= 0.3 is 0 Å². The van der Waals surface area contributed by atoms with Crippen LogP contribution in [0.4, 0.5) is 0 Å². The van der Waals surface area contributed by atoms with E-state index in [1.807, 2.05) is 23.5 Å². The van der Waals surface area contributed by atoms with Crippen molar-refractivity contribution in [3.05, 3.63) is 60.9 Å². The van der Waals surface area contributed by atoms with Crippen molar-refractivity contribution < 1.29 is 0 Å². The summed E-state index contributed by atoms with van der Waals surface area (Å²) in [5.74, 6) is 2.23. The monoisotopic (exact) mass is 494 g/mol. The van der Waals surface area contributed by atoms with Gasteiger partial charge in [0.2, 0.25) is 0 Å². The second-order valence-corrected chi connectivity index (χ2v) is 10.4. The van der Waals surface area contributed by atoms with Gasteiger partial charge < -0.3 is 9.80 Å². The van der Waals surface area contributed by atoms with Crippen LogP contribution in [0.2, 0.25) is 0 Å². The molecule has 0 aliphatic heterocycles. The van der Waals surface area contributed by atoms with E-state index in [9.17, 15) is 0 Å². The largest absolute Gasteiger partial charge is 0.303 e. The highest BCUT2D eigenvalue weighted by Gasteiger charge is 2.07. The second kappa shape index (κ2) is 14.5. The molecule has 0 unspecified atom stereocenters. The van der Waals surface area contributed by atoms with Crippen molar-refractivity contribution >= 4 is 23.5 Å². The van der Waals surface area contributed by atoms with Gasteiger partial charge in [-0.05, 0) is 56.5 Å². The van der Waals surface area contributed by atoms with Gasteiger partial charge in [-0.25, -0.2) is 9.97 Å². The first-order chi connectivity index (χ1) is 16.7. The Balaban J connectivity index is 1.59. The maximum atomic E-state index is 4.53. The van der Waals surface area contributed by atoms with Crippen LogP contribution in [-0.4, -0.2) is 70.5 Å². The van der Waals surface area contributed by atoms with Crippen molar-refractivity contribution in [3.8, 4) is 22.5 Å². The Labute approximate surface area is 214 Å². The van der Waals surface area contributed by atoms with Crippen LogP contribution in [0.5, 0.6) is 0 Å². The summed E-state index contributed by atoms with van der Waals surface area (Å²) in [4.78, 5) is 16.6. The van der Waals surface area contributed by atoms with Crippen LogP contribution in [0.3, 0.4) is 0 Å². The molecule has 0 spiro atoms. The highest BCUT2D eigenvalue weighted by atomic mass is 32.2. The highest BCUT2D eigenvalue weighted by Crippen LogP contribution is 2.27. The summed E-state index contributed by atoms with van der Waals surface area (Å²) in [5.41, 5.74) is 4.17. The predicted molar refractivity (Wildman–Crippen MR) is 150 cm³/mol. The molecule has 0 atom stereocenters. The Kier molecular flexibility index (Phi) is 11.4. The number of hydrogen-bond donors (Lipinski definition) is 0. The zero-order chi connectivity index (χ0) is 24.2. The molecule has 1 aromatic heterocycles. The Hall–Kier alpha value is -1.86. The Morgan fingerprint density at radius 2 is 0.971 bits per heavy atom. The number of hydrogen-bond acceptors (Lipinski definition) is 6. The van der Waals surface area contributed by atoms with E-state index in [4.69, 9.17) is 0 Å². The molecule has 4 nitrogen and oxygen atoms in total. The SMILES string of the molecule is CCN(CC)CCSc1ccc(-c2cc(-c3ccc(SCCN(CC)CC)cc3)ncn2)cc1. The molecule has 0 N–H and O–H groups in total. The van der Waals surface area contributed by atoms with E-state index in [2.05, 4.69) is 102 Å². The molecule has 0 radical (unpaired) electrons. The van der Waals surface area contributed by atoms with Crippen molar-refractivity contribution in [2.75, 3.05) is 50.8 Å². The van der Waals surface area contributed by atoms with Crippen molar-refractivity contribution in [3.63, 3.8) is 0 Å². The molecule has 6 heteroatoms. The van der Waals surface area contributed by atoms with Crippen LogP contribution in [-0.2, 0) is 0 Å². The minimum absolute atomic E-state index is 0.961. The summed E-state index contributed by atoms with van der Waals surface area (Å²) in [5, 5.41) is 0. The minimum Gasteiger partial charge on any atom is -0.303 e. The van der Waals surface area contributed by atoms with Crippen LogP contribution in [0, 0.1) is 0 Å². The molecular formula is C28H38N4S2. The molecule has 0 fully saturated rings. The van der Waals surface area contributed by atoms with E-state index in [-0.39, 0.29) is 0 Å². The van der Waals surface area contributed by atoms with Crippen molar-refractivity contribution in [2.24, 2.45) is 0 Å². The number of rotatable bonds is 14. The molecule has 182 valence electrons. The van der Waals surface area contributed by atoms with E-state index < -0.39 is 0 Å². The molecule has 3 aromatic rings. The summed E-state index contributed by atoms with van der Waals surface area (Å²) in [7, 11) is 0. The maximum absolute atomic E-state index is 4.53. The zero-order valence-corrected chi connectivity index (χ0v) is 22.7. The lowest BCUT2D eigenvalue weighted by Crippen LogP contribution is -2.25. The van der Waals surface area contributed by atoms with Gasteiger partial charge in [0.05, 0.1) is 11.4 Å². The van der Waals surface area contributed by atoms with Crippen LogP contribution in [0.25, 0.3) is 22.5 Å². The van der Waals surface area contributed by atoms with Crippen molar-refractivity contribution in [2.45, 2.75) is 37.5 Å². The molecular weight excluding hydrogens is 456 g/mol. The Morgan fingerprint density at radius 1 is 0.588 bits per heavy atom. The maximum Gasteiger partial charge on any atom is 0.116 e. The molecule has 3 rings (SSSR count). The average Bonchev–Trinajstić information content (AvgIpc) is 2.90. The van der Waals surface area contributed by atoms with Gasteiger partial charge in [0.15, 0.2) is 0 Å². The van der Waals surface area contributed by atoms with E-state index in [1.165, 1.54) is 9.79 Å². The highest BCUT2D eigenvalue weighted by molar-refractivity contribution is 7.99. The Bertz CT molecular complexity index is 892. The van der Waals surface area contributed by atoms with Crippen molar-refractivity contribution in [1.29, 1.82) is 0 Å². The van der Waals surface area contributed by atoms with Gasteiger partial charge in [-0.15, -0.1) is 23.5 Å². The normalized spacial score (nSPS) is 11.5. The number of benzene rings is 2. The lowest BCUT2D eigenvalue weighted by molar-refractivity contribution is 0.324. The summed E-state index contributed by atoms with van der Waals surface area (Å²) in [6, 6.07) is 19.6. The minimum atomic E-state index is 0.961. The van der Waals surface area contributed by atoms with Gasteiger partial charge in [0.1, 0.15) is 6.33 Å². The third-order valence-corrected chi connectivity index (χ3v) is 8.09. The molecule has 0 aliphatic rings. The van der Waals surface area contributed by atoms with Crippen LogP contribution < -0.4 is 0 Å². The lowest BCUT2D eigenvalue weighted by atomic mass is 10.1. The van der Waals surface area contributed by atoms with Gasteiger partial charge in [0, 0.05) is 45.5 Å². The number of nitrogens with zero attached hydrogens (tertiary/aromatic N) is 4. The van der Waals surface area contributed by atoms with Crippen LogP contribution >= 0.6 is 23.5 Å². The van der Waals surface area contributed by atoms with E-state index in [0.29, 0.717) is 0 Å². The molecule has 0 aliphatic carbocycles. The molecule has 0 bridgehead atoms. The molecule has 34 heavy (non-hydrogen) atoms. The summed E-state index contributed by atoms with van der Waals surface area (Å²) in [6.07, 6.45) is 1.67. The molecule has 1 heterocycles. The predicted octanol–water partition coefficient (Wildman–Crippen LogP) is 6.68. The van der Waals surface area contributed by atoms with Crippen molar-refractivity contribution in [1.82, 2.24) is 19.8 Å². The topological polar surface area (TPSA) is 32.3 Å². The standard InChI is InChI=1S/C28H38N4S2/c1-5-31(6-2)17-19-33-25-13-9-23(10-14-25)27-21-28(30-22-29-27)24-11-15-26(16-12-24)34-20-18-32(7-3)8-4/h9-16,21-22H,5-8,17-20H2,1-4H3. The summed E-state index contributed by atoms with van der Waals surface area (Å²) < 4.78 is 0. The van der Waals surface area contributed by atoms with Gasteiger partial charge in [0.25, 0.3) is 0 Å². The smallest absolute Gasteiger partial charge is 0.116 e. The third kappa shape index (κ3) is 8.12. The first-order valence-electron chi connectivity index (χ1n) is 12.4. The zero-order valence-electron chi connectivity index (χ0n) is 21.0. The van der Waals surface area contributed by atoms with Gasteiger partial charge in [-0.2, -0.15) is 0 Å². The summed E-state index contributed by atoms with van der Waals surface area (Å²) in [6.45, 7) is 15.6. The molecule has 2 aromatic carbocycles. The molecule has 0 saturated carbocycles. The third-order valence-electron chi connectivity index (χ3n) is 6.11. The van der Waals surface area contributed by atoms with Gasteiger partial charge in [-0.1, -0.05) is 52.0 Å². The van der Waals surface area contributed by atoms with Gasteiger partial charge in [-0.3, -0.25) is 0 Å². The first-order valence-corrected chi connectivity index (χ1v) is 14.4. The van der Waals surface area contributed by atoms with E-state index in [0.717, 1.165) is 73.3 Å². The molecule has 0 saturated heterocycles. The number of aromatic nitrogens is 2. The first kappa shape index (κ1) is 26.7. The fraction of sp³-hybridized carbons (Fsp3) is 0.429. The van der Waals surface area contributed by atoms with E-state index >= 15 is 0 Å². The van der Waals surface area contributed by atoms with Crippen LogP contribution in [0.1, 0.15) is 27.7 Å². The second-order valence-electron chi connectivity index (χ2n) is 8.09. The quantitative estimate of drug-likeness (QED) is 0.233. The Morgan fingerprint density at radius 3 is 1.32 bits per heavy atom. The lowest BCUT2D eigenvalue weighted by Gasteiger charge is -2.17. The number of thioether (sulfide) groups is 2. The fourth-order valence-electron chi connectivity index (χ4n) is 3.78. The molecule has 0 amide bonds. The van der Waals surface area contributed by atoms with E-state index in [1.54, 1.807) is 6.33 Å². The van der Waals surface area contributed by atoms with Crippen LogP contribution in [0.15, 0.2) is 70.7 Å². The fourth-order valence-corrected chi connectivity index (χ4v) is 5.61. The average molecular weight is 495 g/mol. The summed E-state index contributed by atoms with van der Waals surface area (Å²) >= 11 is 3.83.